The number of hydrogen-bond acceptors (Lipinski definition) is 2. The number of benzene rings is 1. The molecule has 0 saturated heterocycles. The monoisotopic (exact) mass is 176 g/mol. The van der Waals surface area contributed by atoms with Crippen LogP contribution in [0.5, 0.6) is 0 Å². The predicted octanol–water partition coefficient (Wildman–Crippen LogP) is 0.889. The fourth-order valence-corrected chi connectivity index (χ4v) is 0.911. The maximum absolute atomic E-state index is 11.3. The van der Waals surface area contributed by atoms with Crippen LogP contribution >= 0.6 is 0 Å². The summed E-state index contributed by atoms with van der Waals surface area (Å²) in [5, 5.41) is 2.69. The van der Waals surface area contributed by atoms with E-state index in [-0.39, 0.29) is 5.91 Å². The maximum Gasteiger partial charge on any atom is 0.251 e. The number of nitrogens with one attached hydrogen (secondary N) is 1. The van der Waals surface area contributed by atoms with E-state index in [4.69, 9.17) is 5.73 Å². The Kier molecular flexibility index (Phi) is 3.57. The summed E-state index contributed by atoms with van der Waals surface area (Å²) in [5.74, 6) is -0.0845. The molecule has 68 valence electrons. The zero-order chi connectivity index (χ0) is 9.52. The van der Waals surface area contributed by atoms with Crippen LogP contribution in [0.15, 0.2) is 42.6 Å². The molecule has 0 spiro atoms. The first-order valence-corrected chi connectivity index (χ1v) is 4.04. The largest absolute Gasteiger partial charge is 0.405 e. The number of hydrogen-bond donors (Lipinski definition) is 2. The van der Waals surface area contributed by atoms with Crippen molar-refractivity contribution < 1.29 is 4.79 Å². The minimum absolute atomic E-state index is 0.0845. The first kappa shape index (κ1) is 9.32. The number of carbonyl (C=O) groups is 1. The minimum atomic E-state index is -0.0845. The molecule has 13 heavy (non-hydrogen) atoms. The van der Waals surface area contributed by atoms with Crippen molar-refractivity contribution in [2.45, 2.75) is 0 Å². The first-order chi connectivity index (χ1) is 6.34. The standard InChI is InChI=1S/C10H12N2O/c11-7-4-8-12-10(13)9-5-2-1-3-6-9/h1-7H,8,11H2,(H,12,13). The molecule has 0 bridgehead atoms. The molecule has 1 aromatic carbocycles. The predicted molar refractivity (Wildman–Crippen MR) is 52.1 cm³/mol. The molecular weight excluding hydrogens is 164 g/mol. The molecule has 0 aliphatic heterocycles. The lowest BCUT2D eigenvalue weighted by atomic mass is 10.2. The fraction of sp³-hybridized carbons (Fsp3) is 0.100. The Balaban J connectivity index is 2.49. The highest BCUT2D eigenvalue weighted by Gasteiger charge is 2.00. The summed E-state index contributed by atoms with van der Waals surface area (Å²) in [6, 6.07) is 9.06. The number of nitrogens with two attached hydrogens (primary N) is 1. The molecule has 0 heterocycles. The summed E-state index contributed by atoms with van der Waals surface area (Å²) in [7, 11) is 0. The van der Waals surface area contributed by atoms with Gasteiger partial charge in [0.25, 0.3) is 5.91 Å². The number of carbonyl (C=O) groups excluding carboxylic acids is 1. The van der Waals surface area contributed by atoms with Crippen LogP contribution in [0, 0.1) is 0 Å². The highest BCUT2D eigenvalue weighted by atomic mass is 16.1. The Morgan fingerprint density at radius 3 is 2.69 bits per heavy atom. The van der Waals surface area contributed by atoms with Crippen molar-refractivity contribution >= 4 is 5.91 Å². The number of amides is 1. The molecule has 0 unspecified atom stereocenters. The molecule has 1 rings (SSSR count). The SMILES string of the molecule is NC=CCNC(=O)c1ccccc1. The minimum Gasteiger partial charge on any atom is -0.405 e. The van der Waals surface area contributed by atoms with E-state index >= 15 is 0 Å². The van der Waals surface area contributed by atoms with Gasteiger partial charge in [-0.1, -0.05) is 18.2 Å². The van der Waals surface area contributed by atoms with Crippen LogP contribution in [0.25, 0.3) is 0 Å². The Bertz CT molecular complexity index is 293. The van der Waals surface area contributed by atoms with Gasteiger partial charge in [0, 0.05) is 12.1 Å². The van der Waals surface area contributed by atoms with E-state index in [9.17, 15) is 4.79 Å². The van der Waals surface area contributed by atoms with Crippen LogP contribution in [-0.4, -0.2) is 12.5 Å². The van der Waals surface area contributed by atoms with E-state index in [0.29, 0.717) is 12.1 Å². The number of rotatable bonds is 3. The molecule has 0 aliphatic rings. The molecule has 0 radical (unpaired) electrons. The fourth-order valence-electron chi connectivity index (χ4n) is 0.911. The van der Waals surface area contributed by atoms with Crippen LogP contribution in [0.4, 0.5) is 0 Å². The third-order valence-corrected chi connectivity index (χ3v) is 1.55. The molecular formula is C10H12N2O. The van der Waals surface area contributed by atoms with Crippen molar-refractivity contribution in [2.75, 3.05) is 6.54 Å². The average Bonchev–Trinajstić information content (AvgIpc) is 2.19. The van der Waals surface area contributed by atoms with Gasteiger partial charge in [0.1, 0.15) is 0 Å². The highest BCUT2D eigenvalue weighted by Crippen LogP contribution is 1.96. The third kappa shape index (κ3) is 2.99. The molecule has 3 nitrogen and oxygen atoms in total. The molecule has 3 heteroatoms. The second-order valence-electron chi connectivity index (χ2n) is 2.50. The van der Waals surface area contributed by atoms with Gasteiger partial charge in [0.15, 0.2) is 0 Å². The molecule has 3 N–H and O–H groups in total. The molecule has 0 aliphatic carbocycles. The zero-order valence-corrected chi connectivity index (χ0v) is 7.23. The van der Waals surface area contributed by atoms with E-state index < -0.39 is 0 Å². The zero-order valence-electron chi connectivity index (χ0n) is 7.23. The van der Waals surface area contributed by atoms with Crippen LogP contribution < -0.4 is 11.1 Å². The Morgan fingerprint density at radius 1 is 1.38 bits per heavy atom. The van der Waals surface area contributed by atoms with Crippen molar-refractivity contribution in [3.05, 3.63) is 48.2 Å². The van der Waals surface area contributed by atoms with Crippen LogP contribution in [0.2, 0.25) is 0 Å². The molecule has 0 atom stereocenters. The van der Waals surface area contributed by atoms with E-state index in [1.165, 1.54) is 6.20 Å². The topological polar surface area (TPSA) is 55.1 Å². The molecule has 0 aromatic heterocycles. The van der Waals surface area contributed by atoms with E-state index in [2.05, 4.69) is 5.32 Å². The lowest BCUT2D eigenvalue weighted by molar-refractivity contribution is 0.0958. The van der Waals surface area contributed by atoms with Crippen molar-refractivity contribution in [1.29, 1.82) is 0 Å². The van der Waals surface area contributed by atoms with Gasteiger partial charge in [-0.3, -0.25) is 4.79 Å². The molecule has 0 saturated carbocycles. The summed E-state index contributed by atoms with van der Waals surface area (Å²) in [5.41, 5.74) is 5.78. The second kappa shape index (κ2) is 4.98. The van der Waals surface area contributed by atoms with Gasteiger partial charge < -0.3 is 11.1 Å². The lowest BCUT2D eigenvalue weighted by Crippen LogP contribution is -2.23. The van der Waals surface area contributed by atoms with Crippen LogP contribution in [0.1, 0.15) is 10.4 Å². The van der Waals surface area contributed by atoms with E-state index in [0.717, 1.165) is 0 Å². The van der Waals surface area contributed by atoms with Gasteiger partial charge in [0.2, 0.25) is 0 Å². The average molecular weight is 176 g/mol. The normalized spacial score (nSPS) is 10.2. The summed E-state index contributed by atoms with van der Waals surface area (Å²) < 4.78 is 0. The van der Waals surface area contributed by atoms with E-state index in [1.807, 2.05) is 18.2 Å². The Morgan fingerprint density at radius 2 is 2.08 bits per heavy atom. The van der Waals surface area contributed by atoms with Gasteiger partial charge in [-0.25, -0.2) is 0 Å². The summed E-state index contributed by atoms with van der Waals surface area (Å²) >= 11 is 0. The molecule has 0 fully saturated rings. The Labute approximate surface area is 77.3 Å². The van der Waals surface area contributed by atoms with Crippen LogP contribution in [0.3, 0.4) is 0 Å². The highest BCUT2D eigenvalue weighted by molar-refractivity contribution is 5.94. The van der Waals surface area contributed by atoms with Gasteiger partial charge in [-0.05, 0) is 24.4 Å². The maximum atomic E-state index is 11.3. The van der Waals surface area contributed by atoms with Crippen molar-refractivity contribution in [3.8, 4) is 0 Å². The van der Waals surface area contributed by atoms with Crippen LogP contribution in [-0.2, 0) is 0 Å². The van der Waals surface area contributed by atoms with Gasteiger partial charge in [-0.15, -0.1) is 0 Å². The first-order valence-electron chi connectivity index (χ1n) is 4.04. The van der Waals surface area contributed by atoms with Crippen molar-refractivity contribution in [1.82, 2.24) is 5.32 Å². The summed E-state index contributed by atoms with van der Waals surface area (Å²) in [6.07, 6.45) is 3.09. The smallest absolute Gasteiger partial charge is 0.251 e. The van der Waals surface area contributed by atoms with E-state index in [1.54, 1.807) is 18.2 Å². The second-order valence-corrected chi connectivity index (χ2v) is 2.50. The van der Waals surface area contributed by atoms with Gasteiger partial charge in [-0.2, -0.15) is 0 Å². The van der Waals surface area contributed by atoms with Gasteiger partial charge >= 0.3 is 0 Å². The summed E-state index contributed by atoms with van der Waals surface area (Å²) in [6.45, 7) is 0.463. The van der Waals surface area contributed by atoms with Gasteiger partial charge in [0.05, 0.1) is 0 Å². The third-order valence-electron chi connectivity index (χ3n) is 1.55. The lowest BCUT2D eigenvalue weighted by Gasteiger charge is -2.00. The van der Waals surface area contributed by atoms with Crippen molar-refractivity contribution in [2.24, 2.45) is 5.73 Å². The quantitative estimate of drug-likeness (QED) is 0.718. The molecule has 1 aromatic rings. The Hall–Kier alpha value is -1.77. The molecule has 1 amide bonds. The summed E-state index contributed by atoms with van der Waals surface area (Å²) in [4.78, 5) is 11.3. The van der Waals surface area contributed by atoms with Crippen molar-refractivity contribution in [3.63, 3.8) is 0 Å².